The van der Waals surface area contributed by atoms with Gasteiger partial charge in [0.05, 0.1) is 18.3 Å². The molecule has 0 radical (unpaired) electrons. The molecule has 1 aliphatic carbocycles. The quantitative estimate of drug-likeness (QED) is 0.337. The first-order valence-corrected chi connectivity index (χ1v) is 15.5. The number of nitrogens with two attached hydrogens (primary N) is 1. The van der Waals surface area contributed by atoms with E-state index in [1.807, 2.05) is 47.6 Å². The Morgan fingerprint density at radius 2 is 1.80 bits per heavy atom. The van der Waals surface area contributed by atoms with Crippen LogP contribution in [0.4, 0.5) is 0 Å². The van der Waals surface area contributed by atoms with Crippen LogP contribution in [0.15, 0.2) is 29.4 Å². The predicted molar refractivity (Wildman–Crippen MR) is 165 cm³/mol. The van der Waals surface area contributed by atoms with E-state index in [1.54, 1.807) is 18.2 Å². The molecule has 4 amide bonds. The van der Waals surface area contributed by atoms with Crippen molar-refractivity contribution in [2.45, 2.75) is 104 Å². The van der Waals surface area contributed by atoms with Gasteiger partial charge in [-0.3, -0.25) is 24.0 Å². The van der Waals surface area contributed by atoms with Crippen LogP contribution >= 0.6 is 11.6 Å². The molecule has 4 N–H and O–H groups in total. The lowest BCUT2D eigenvalue weighted by molar-refractivity contribution is -0.145. The number of nitrogens with one attached hydrogen (secondary N) is 2. The van der Waals surface area contributed by atoms with Crippen molar-refractivity contribution in [2.75, 3.05) is 6.54 Å². The molecule has 44 heavy (non-hydrogen) atoms. The Balaban J connectivity index is 1.63. The van der Waals surface area contributed by atoms with Gasteiger partial charge in [0.25, 0.3) is 5.91 Å². The summed E-state index contributed by atoms with van der Waals surface area (Å²) >= 11 is 6.20. The molecule has 4 rings (SSSR count). The summed E-state index contributed by atoms with van der Waals surface area (Å²) in [6.07, 6.45) is 2.70. The van der Waals surface area contributed by atoms with Crippen LogP contribution in [-0.4, -0.2) is 70.3 Å². The molecule has 1 saturated heterocycles. The van der Waals surface area contributed by atoms with Crippen molar-refractivity contribution in [2.24, 2.45) is 27.6 Å². The van der Waals surface area contributed by atoms with Crippen LogP contribution in [0, 0.1) is 16.7 Å². The average molecular weight is 630 g/mol. The molecule has 4 atom stereocenters. The Hall–Kier alpha value is -3.47. The molecule has 11 nitrogen and oxygen atoms in total. The zero-order valence-corrected chi connectivity index (χ0v) is 27.1. The number of nitrogens with zero attached hydrogens (tertiary/aromatic N) is 2. The monoisotopic (exact) mass is 629 g/mol. The third kappa shape index (κ3) is 8.16. The number of Topliss-reactive ketones (excluding diaryl/α,β-unsaturated/α-hetero) is 1. The Kier molecular flexibility index (Phi) is 9.49. The fraction of sp³-hybridized carbons (Fsp3) is 0.625. The Bertz CT molecular complexity index is 1360. The summed E-state index contributed by atoms with van der Waals surface area (Å²) in [5, 5.41) is 10.5. The summed E-state index contributed by atoms with van der Waals surface area (Å²) in [5.41, 5.74) is 4.67. The first-order valence-electron chi connectivity index (χ1n) is 15.1. The highest BCUT2D eigenvalue weighted by Crippen LogP contribution is 2.40. The van der Waals surface area contributed by atoms with Gasteiger partial charge in [0.1, 0.15) is 12.1 Å². The number of amides is 4. The van der Waals surface area contributed by atoms with Crippen LogP contribution in [0.25, 0.3) is 0 Å². The lowest BCUT2D eigenvalue weighted by atomic mass is 9.84. The van der Waals surface area contributed by atoms with Gasteiger partial charge in [-0.25, -0.2) is 0 Å². The molecule has 3 aliphatic rings. The number of benzene rings is 1. The summed E-state index contributed by atoms with van der Waals surface area (Å²) in [6.45, 7) is 11.4. The molecule has 0 aromatic heterocycles. The molecule has 12 heteroatoms. The molecule has 2 heterocycles. The zero-order valence-electron chi connectivity index (χ0n) is 26.4. The third-order valence-electron chi connectivity index (χ3n) is 8.23. The van der Waals surface area contributed by atoms with Crippen molar-refractivity contribution in [3.63, 3.8) is 0 Å². The Morgan fingerprint density at radius 1 is 1.11 bits per heavy atom. The van der Waals surface area contributed by atoms with Crippen molar-refractivity contribution < 1.29 is 28.8 Å². The predicted octanol–water partition coefficient (Wildman–Crippen LogP) is 3.11. The second kappa shape index (κ2) is 12.5. The number of likely N-dealkylation sites (tertiary alicyclic amines) is 1. The number of rotatable bonds is 10. The highest BCUT2D eigenvalue weighted by Gasteiger charge is 2.55. The lowest BCUT2D eigenvalue weighted by Crippen LogP contribution is -2.59. The maximum Gasteiger partial charge on any atom is 0.287 e. The number of hydrogen-bond acceptors (Lipinski definition) is 7. The van der Waals surface area contributed by atoms with Gasteiger partial charge in [-0.1, -0.05) is 83.3 Å². The highest BCUT2D eigenvalue weighted by molar-refractivity contribution is 6.37. The molecular weight excluding hydrogens is 586 g/mol. The summed E-state index contributed by atoms with van der Waals surface area (Å²) in [7, 11) is 0. The van der Waals surface area contributed by atoms with Crippen molar-refractivity contribution in [1.82, 2.24) is 15.5 Å². The molecule has 1 aromatic rings. The maximum atomic E-state index is 14.3. The number of halogens is 1. The van der Waals surface area contributed by atoms with Crippen molar-refractivity contribution in [3.05, 3.63) is 34.9 Å². The molecular formula is C32H44ClN5O6. The molecule has 1 spiro atoms. The number of primary amides is 1. The van der Waals surface area contributed by atoms with Gasteiger partial charge in [0.15, 0.2) is 5.60 Å². The largest absolute Gasteiger partial charge is 0.387 e. The van der Waals surface area contributed by atoms with Gasteiger partial charge in [0, 0.05) is 29.8 Å². The highest BCUT2D eigenvalue weighted by atomic mass is 35.5. The lowest BCUT2D eigenvalue weighted by Gasteiger charge is -2.36. The fourth-order valence-corrected chi connectivity index (χ4v) is 6.01. The van der Waals surface area contributed by atoms with Crippen LogP contribution in [-0.2, 0) is 28.8 Å². The second-order valence-corrected chi connectivity index (χ2v) is 15.2. The van der Waals surface area contributed by atoms with E-state index in [2.05, 4.69) is 15.8 Å². The van der Waals surface area contributed by atoms with Gasteiger partial charge in [-0.2, -0.15) is 0 Å². The van der Waals surface area contributed by atoms with Crippen LogP contribution < -0.4 is 16.4 Å². The van der Waals surface area contributed by atoms with E-state index >= 15 is 0 Å². The fourth-order valence-electron chi connectivity index (χ4n) is 5.82. The minimum atomic E-state index is -1.13. The minimum absolute atomic E-state index is 0.0241. The Morgan fingerprint density at radius 3 is 2.36 bits per heavy atom. The van der Waals surface area contributed by atoms with Gasteiger partial charge in [-0.15, -0.1) is 0 Å². The van der Waals surface area contributed by atoms with E-state index in [0.29, 0.717) is 23.6 Å². The molecule has 1 saturated carbocycles. The SMILES string of the molecule is CC(C)(C)CC(=O)N[C@H](C(=O)N1C[C@@]2(CC(c3cccc(Cl)c3)=NO2)C[C@H]1C(=O)N[C@@H](CC1CC1)C(=O)C(N)=O)C(C)(C)C. The van der Waals surface area contributed by atoms with E-state index in [0.717, 1.165) is 18.4 Å². The van der Waals surface area contributed by atoms with Gasteiger partial charge >= 0.3 is 0 Å². The van der Waals surface area contributed by atoms with Crippen molar-refractivity contribution in [3.8, 4) is 0 Å². The van der Waals surface area contributed by atoms with Crippen LogP contribution in [0.1, 0.15) is 85.6 Å². The molecule has 2 aliphatic heterocycles. The van der Waals surface area contributed by atoms with E-state index in [4.69, 9.17) is 22.2 Å². The average Bonchev–Trinajstić information content (AvgIpc) is 3.50. The standard InChI is InChI=1S/C32H44ClN5O6/c1-30(2,3)16-24(39)36-26(31(4,5)6)29(43)38-17-32(14-22(37-44-32)19-8-7-9-20(33)13-19)15-23(38)28(42)35-21(12-18-10-11-18)25(40)27(34)41/h7-9,13,18,21,23,26H,10-12,14-17H2,1-6H3,(H2,34,41)(H,35,42)(H,36,39)/t21-,23-,26+,32+/m0/s1. The normalized spacial score (nSPS) is 23.0. The molecule has 0 bridgehead atoms. The van der Waals surface area contributed by atoms with Gasteiger partial charge in [-0.05, 0) is 35.3 Å². The molecule has 240 valence electrons. The first kappa shape index (κ1) is 33.4. The number of oxime groups is 1. The number of hydrogen-bond donors (Lipinski definition) is 3. The van der Waals surface area contributed by atoms with E-state index < -0.39 is 52.6 Å². The smallest absolute Gasteiger partial charge is 0.287 e. The van der Waals surface area contributed by atoms with Crippen LogP contribution in [0.2, 0.25) is 5.02 Å². The van der Waals surface area contributed by atoms with Gasteiger partial charge in [0.2, 0.25) is 23.5 Å². The van der Waals surface area contributed by atoms with Gasteiger partial charge < -0.3 is 26.1 Å². The van der Waals surface area contributed by atoms with Crippen LogP contribution in [0.3, 0.4) is 0 Å². The third-order valence-corrected chi connectivity index (χ3v) is 8.47. The number of ketones is 1. The summed E-state index contributed by atoms with van der Waals surface area (Å²) in [5.74, 6) is -3.10. The number of carbonyl (C=O) groups excluding carboxylic acids is 5. The zero-order chi connectivity index (χ0) is 32.6. The van der Waals surface area contributed by atoms with E-state index in [1.165, 1.54) is 4.90 Å². The number of carbonyl (C=O) groups is 5. The van der Waals surface area contributed by atoms with Crippen LogP contribution in [0.5, 0.6) is 0 Å². The molecule has 2 fully saturated rings. The Labute approximate surface area is 263 Å². The van der Waals surface area contributed by atoms with E-state index in [-0.39, 0.29) is 36.6 Å². The summed E-state index contributed by atoms with van der Waals surface area (Å²) in [4.78, 5) is 73.1. The first-order chi connectivity index (χ1) is 20.4. The van der Waals surface area contributed by atoms with Crippen molar-refractivity contribution in [1.29, 1.82) is 0 Å². The van der Waals surface area contributed by atoms with Crippen molar-refractivity contribution >= 4 is 46.7 Å². The summed E-state index contributed by atoms with van der Waals surface area (Å²) < 4.78 is 0. The molecule has 0 unspecified atom stereocenters. The minimum Gasteiger partial charge on any atom is -0.387 e. The molecule has 1 aromatic carbocycles. The second-order valence-electron chi connectivity index (χ2n) is 14.8. The maximum absolute atomic E-state index is 14.3. The van der Waals surface area contributed by atoms with E-state index in [9.17, 15) is 24.0 Å². The summed E-state index contributed by atoms with van der Waals surface area (Å²) in [6, 6.07) is 4.08. The topological polar surface area (TPSA) is 160 Å².